The SMILES string of the molecule is CCCCNC(=O)c1ccnc(Nc2cc(C)c(Cl)cc2OC)c1. The number of methoxy groups -OCH3 is 1. The van der Waals surface area contributed by atoms with Crippen LogP contribution in [-0.2, 0) is 0 Å². The summed E-state index contributed by atoms with van der Waals surface area (Å²) in [6, 6.07) is 7.04. The molecule has 2 aromatic rings. The van der Waals surface area contributed by atoms with E-state index >= 15 is 0 Å². The highest BCUT2D eigenvalue weighted by Crippen LogP contribution is 2.32. The lowest BCUT2D eigenvalue weighted by atomic mass is 10.2. The van der Waals surface area contributed by atoms with Crippen LogP contribution in [0.5, 0.6) is 5.75 Å². The van der Waals surface area contributed by atoms with Gasteiger partial charge in [-0.15, -0.1) is 0 Å². The molecule has 1 aromatic heterocycles. The number of unbranched alkanes of at least 4 members (excludes halogenated alkanes) is 1. The van der Waals surface area contributed by atoms with Crippen LogP contribution in [0.2, 0.25) is 5.02 Å². The van der Waals surface area contributed by atoms with Gasteiger partial charge in [0.05, 0.1) is 12.8 Å². The third-order valence-corrected chi connectivity index (χ3v) is 3.99. The van der Waals surface area contributed by atoms with E-state index in [4.69, 9.17) is 16.3 Å². The predicted molar refractivity (Wildman–Crippen MR) is 97.5 cm³/mol. The van der Waals surface area contributed by atoms with E-state index in [9.17, 15) is 4.79 Å². The summed E-state index contributed by atoms with van der Waals surface area (Å²) < 4.78 is 5.34. The van der Waals surface area contributed by atoms with Gasteiger partial charge in [0.1, 0.15) is 11.6 Å². The monoisotopic (exact) mass is 347 g/mol. The Balaban J connectivity index is 2.18. The van der Waals surface area contributed by atoms with Gasteiger partial charge in [0, 0.05) is 29.4 Å². The molecule has 128 valence electrons. The molecule has 6 heteroatoms. The summed E-state index contributed by atoms with van der Waals surface area (Å²) in [6.07, 6.45) is 3.61. The first-order valence-corrected chi connectivity index (χ1v) is 8.28. The molecule has 0 aliphatic rings. The van der Waals surface area contributed by atoms with E-state index in [1.807, 2.05) is 13.0 Å². The van der Waals surface area contributed by atoms with Crippen molar-refractivity contribution in [2.24, 2.45) is 0 Å². The van der Waals surface area contributed by atoms with Crippen molar-refractivity contribution in [3.63, 3.8) is 0 Å². The molecule has 0 radical (unpaired) electrons. The molecule has 1 amide bonds. The summed E-state index contributed by atoms with van der Waals surface area (Å²) >= 11 is 6.12. The van der Waals surface area contributed by atoms with Crippen LogP contribution in [0, 0.1) is 6.92 Å². The summed E-state index contributed by atoms with van der Waals surface area (Å²) in [6.45, 7) is 4.67. The van der Waals surface area contributed by atoms with Crippen LogP contribution in [0.15, 0.2) is 30.5 Å². The lowest BCUT2D eigenvalue weighted by Gasteiger charge is -2.13. The largest absolute Gasteiger partial charge is 0.495 e. The Bertz CT molecular complexity index is 719. The predicted octanol–water partition coefficient (Wildman–Crippen LogP) is 4.33. The van der Waals surface area contributed by atoms with Crippen LogP contribution in [-0.4, -0.2) is 24.5 Å². The molecule has 0 saturated heterocycles. The minimum absolute atomic E-state index is 0.104. The molecule has 0 saturated carbocycles. The van der Waals surface area contributed by atoms with E-state index in [1.54, 1.807) is 31.5 Å². The van der Waals surface area contributed by atoms with Gasteiger partial charge in [0.25, 0.3) is 5.91 Å². The summed E-state index contributed by atoms with van der Waals surface area (Å²) in [7, 11) is 1.58. The number of halogens is 1. The fraction of sp³-hybridized carbons (Fsp3) is 0.333. The molecular formula is C18H22ClN3O2. The highest BCUT2D eigenvalue weighted by atomic mass is 35.5. The number of carbonyl (C=O) groups is 1. The van der Waals surface area contributed by atoms with E-state index in [1.165, 1.54) is 0 Å². The van der Waals surface area contributed by atoms with E-state index in [0.717, 1.165) is 24.1 Å². The van der Waals surface area contributed by atoms with Crippen LogP contribution < -0.4 is 15.4 Å². The molecule has 0 aliphatic heterocycles. The van der Waals surface area contributed by atoms with E-state index in [-0.39, 0.29) is 5.91 Å². The van der Waals surface area contributed by atoms with E-state index in [0.29, 0.717) is 28.7 Å². The van der Waals surface area contributed by atoms with Crippen LogP contribution >= 0.6 is 11.6 Å². The molecule has 24 heavy (non-hydrogen) atoms. The number of ether oxygens (including phenoxy) is 1. The molecule has 0 aliphatic carbocycles. The Morgan fingerprint density at radius 1 is 1.33 bits per heavy atom. The standard InChI is InChI=1S/C18H22ClN3O2/c1-4-5-7-21-18(23)13-6-8-20-17(10-13)22-15-9-12(2)14(19)11-16(15)24-3/h6,8-11H,4-5,7H2,1-3H3,(H,20,22)(H,21,23). The van der Waals surface area contributed by atoms with E-state index in [2.05, 4.69) is 22.5 Å². The number of pyridine rings is 1. The van der Waals surface area contributed by atoms with Crippen LogP contribution in [0.4, 0.5) is 11.5 Å². The number of nitrogens with one attached hydrogen (secondary N) is 2. The zero-order chi connectivity index (χ0) is 17.5. The van der Waals surface area contributed by atoms with Gasteiger partial charge in [-0.3, -0.25) is 4.79 Å². The first kappa shape index (κ1) is 18.1. The molecule has 5 nitrogen and oxygen atoms in total. The second-order valence-corrected chi connectivity index (χ2v) is 5.87. The van der Waals surface area contributed by atoms with Crippen molar-refractivity contribution in [1.29, 1.82) is 0 Å². The van der Waals surface area contributed by atoms with Crippen molar-refractivity contribution in [1.82, 2.24) is 10.3 Å². The lowest BCUT2D eigenvalue weighted by Crippen LogP contribution is -2.24. The first-order chi connectivity index (χ1) is 11.5. The molecule has 0 unspecified atom stereocenters. The number of carbonyl (C=O) groups excluding carboxylic acids is 1. The smallest absolute Gasteiger partial charge is 0.251 e. The molecule has 2 N–H and O–H groups in total. The van der Waals surface area contributed by atoms with Gasteiger partial charge in [-0.25, -0.2) is 4.98 Å². The van der Waals surface area contributed by atoms with E-state index < -0.39 is 0 Å². The third kappa shape index (κ3) is 4.61. The van der Waals surface area contributed by atoms with Gasteiger partial charge in [0.15, 0.2) is 0 Å². The highest BCUT2D eigenvalue weighted by molar-refractivity contribution is 6.31. The molecule has 0 atom stereocenters. The zero-order valence-corrected chi connectivity index (χ0v) is 14.9. The van der Waals surface area contributed by atoms with Gasteiger partial charge in [-0.1, -0.05) is 24.9 Å². The second-order valence-electron chi connectivity index (χ2n) is 5.47. The minimum atomic E-state index is -0.104. The number of aromatic nitrogens is 1. The quantitative estimate of drug-likeness (QED) is 0.732. The van der Waals surface area contributed by atoms with Gasteiger partial charge < -0.3 is 15.4 Å². The Hall–Kier alpha value is -2.27. The van der Waals surface area contributed by atoms with Gasteiger partial charge in [0.2, 0.25) is 0 Å². The Kier molecular flexibility index (Phi) is 6.44. The molecule has 0 fully saturated rings. The number of hydrogen-bond acceptors (Lipinski definition) is 4. The van der Waals surface area contributed by atoms with Crippen molar-refractivity contribution < 1.29 is 9.53 Å². The van der Waals surface area contributed by atoms with Crippen molar-refractivity contribution >= 4 is 29.0 Å². The number of benzene rings is 1. The second kappa shape index (κ2) is 8.55. The Morgan fingerprint density at radius 2 is 2.12 bits per heavy atom. The summed E-state index contributed by atoms with van der Waals surface area (Å²) in [5.74, 6) is 1.08. The van der Waals surface area contributed by atoms with Crippen LogP contribution in [0.25, 0.3) is 0 Å². The maximum absolute atomic E-state index is 12.1. The highest BCUT2D eigenvalue weighted by Gasteiger charge is 2.10. The Morgan fingerprint density at radius 3 is 2.83 bits per heavy atom. The summed E-state index contributed by atoms with van der Waals surface area (Å²) in [5, 5.41) is 6.71. The van der Waals surface area contributed by atoms with Crippen LogP contribution in [0.3, 0.4) is 0 Å². The fourth-order valence-corrected chi connectivity index (χ4v) is 2.34. The normalized spacial score (nSPS) is 10.3. The van der Waals surface area contributed by atoms with Crippen molar-refractivity contribution in [3.8, 4) is 5.75 Å². The number of rotatable bonds is 7. The molecule has 1 heterocycles. The molecule has 1 aromatic carbocycles. The zero-order valence-electron chi connectivity index (χ0n) is 14.1. The summed E-state index contributed by atoms with van der Waals surface area (Å²) in [4.78, 5) is 16.4. The molecule has 0 spiro atoms. The number of aryl methyl sites for hydroxylation is 1. The third-order valence-electron chi connectivity index (χ3n) is 3.58. The van der Waals surface area contributed by atoms with Crippen molar-refractivity contribution in [3.05, 3.63) is 46.6 Å². The molecule has 0 bridgehead atoms. The van der Waals surface area contributed by atoms with Crippen molar-refractivity contribution in [2.75, 3.05) is 19.0 Å². The molecule has 2 rings (SSSR count). The number of nitrogens with zero attached hydrogens (tertiary/aromatic N) is 1. The number of hydrogen-bond donors (Lipinski definition) is 2. The first-order valence-electron chi connectivity index (χ1n) is 7.90. The van der Waals surface area contributed by atoms with Crippen LogP contribution in [0.1, 0.15) is 35.7 Å². The minimum Gasteiger partial charge on any atom is -0.495 e. The average molecular weight is 348 g/mol. The number of amides is 1. The summed E-state index contributed by atoms with van der Waals surface area (Å²) in [5.41, 5.74) is 2.23. The maximum atomic E-state index is 12.1. The number of anilines is 2. The Labute approximate surface area is 147 Å². The van der Waals surface area contributed by atoms with Gasteiger partial charge >= 0.3 is 0 Å². The average Bonchev–Trinajstić information content (AvgIpc) is 2.58. The van der Waals surface area contributed by atoms with Gasteiger partial charge in [-0.2, -0.15) is 0 Å². The fourth-order valence-electron chi connectivity index (χ4n) is 2.19. The maximum Gasteiger partial charge on any atom is 0.251 e. The lowest BCUT2D eigenvalue weighted by molar-refractivity contribution is 0.0953. The van der Waals surface area contributed by atoms with Crippen molar-refractivity contribution in [2.45, 2.75) is 26.7 Å². The molecular weight excluding hydrogens is 326 g/mol. The topological polar surface area (TPSA) is 63.2 Å². The van der Waals surface area contributed by atoms with Gasteiger partial charge in [-0.05, 0) is 37.1 Å².